The van der Waals surface area contributed by atoms with Crippen molar-refractivity contribution in [2.24, 2.45) is 0 Å². The lowest BCUT2D eigenvalue weighted by molar-refractivity contribution is 0.155. The number of rotatable bonds is 4. The van der Waals surface area contributed by atoms with E-state index in [2.05, 4.69) is 10.3 Å². The maximum absolute atomic E-state index is 11.6. The fourth-order valence-electron chi connectivity index (χ4n) is 1.66. The summed E-state index contributed by atoms with van der Waals surface area (Å²) in [6.45, 7) is 4.30. The number of aryl methyl sites for hydroxylation is 2. The first-order valence-corrected chi connectivity index (χ1v) is 6.94. The second kappa shape index (κ2) is 6.33. The highest BCUT2D eigenvalue weighted by Crippen LogP contribution is 2.22. The molecule has 4 nitrogen and oxygen atoms in total. The Kier molecular flexibility index (Phi) is 4.52. The van der Waals surface area contributed by atoms with Gasteiger partial charge in [-0.15, -0.1) is 11.3 Å². The Morgan fingerprint density at radius 2 is 2.11 bits per heavy atom. The van der Waals surface area contributed by atoms with Crippen molar-refractivity contribution in [1.29, 1.82) is 0 Å². The number of nitrogens with zero attached hydrogens (tertiary/aromatic N) is 1. The molecule has 0 aliphatic heterocycles. The molecule has 100 valence electrons. The third kappa shape index (κ3) is 3.79. The average molecular weight is 276 g/mol. The minimum Gasteiger partial charge on any atom is -0.444 e. The topological polar surface area (TPSA) is 51.2 Å². The van der Waals surface area contributed by atoms with Crippen LogP contribution in [0.5, 0.6) is 0 Å². The van der Waals surface area contributed by atoms with E-state index in [0.717, 1.165) is 22.6 Å². The number of thiazole rings is 1. The van der Waals surface area contributed by atoms with Gasteiger partial charge in [0.1, 0.15) is 6.61 Å². The molecule has 1 amide bonds. The van der Waals surface area contributed by atoms with E-state index < -0.39 is 6.09 Å². The smallest absolute Gasteiger partial charge is 0.413 e. The van der Waals surface area contributed by atoms with Crippen molar-refractivity contribution in [2.45, 2.75) is 26.9 Å². The molecule has 0 atom stereocenters. The number of carbonyl (C=O) groups excluding carboxylic acids is 1. The minimum absolute atomic E-state index is 0.262. The fraction of sp³-hybridized carbons (Fsp3) is 0.286. The first-order chi connectivity index (χ1) is 9.19. The van der Waals surface area contributed by atoms with Crippen LogP contribution in [0.2, 0.25) is 0 Å². The molecule has 0 spiro atoms. The number of hydrogen-bond acceptors (Lipinski definition) is 4. The van der Waals surface area contributed by atoms with Gasteiger partial charge < -0.3 is 4.74 Å². The van der Waals surface area contributed by atoms with E-state index in [1.54, 1.807) is 0 Å². The summed E-state index contributed by atoms with van der Waals surface area (Å²) < 4.78 is 5.13. The molecular formula is C14H16N2O2S. The molecule has 0 unspecified atom stereocenters. The molecule has 1 aromatic carbocycles. The van der Waals surface area contributed by atoms with Gasteiger partial charge in [0.25, 0.3) is 0 Å². The zero-order valence-electron chi connectivity index (χ0n) is 11.0. The standard InChI is InChI=1S/C14H16N2O2S/c1-3-12-10(2)19-13(15-12)16-14(17)18-9-11-7-5-4-6-8-11/h4-8H,3,9H2,1-2H3,(H,15,16,17). The Hall–Kier alpha value is -1.88. The molecule has 0 saturated carbocycles. The van der Waals surface area contributed by atoms with Crippen LogP contribution in [0.1, 0.15) is 23.1 Å². The molecule has 2 rings (SSSR count). The van der Waals surface area contributed by atoms with Crippen LogP contribution in [0.25, 0.3) is 0 Å². The third-order valence-corrected chi connectivity index (χ3v) is 3.58. The Bertz CT molecular complexity index is 552. The summed E-state index contributed by atoms with van der Waals surface area (Å²) in [5.74, 6) is 0. The molecule has 2 aromatic rings. The predicted octanol–water partition coefficient (Wildman–Crippen LogP) is 3.76. The SMILES string of the molecule is CCc1nc(NC(=O)OCc2ccccc2)sc1C. The van der Waals surface area contributed by atoms with Crippen molar-refractivity contribution in [2.75, 3.05) is 5.32 Å². The Labute approximate surface area is 116 Å². The summed E-state index contributed by atoms with van der Waals surface area (Å²) in [4.78, 5) is 17.1. The Morgan fingerprint density at radius 1 is 1.37 bits per heavy atom. The second-order valence-electron chi connectivity index (χ2n) is 4.06. The molecule has 5 heteroatoms. The largest absolute Gasteiger partial charge is 0.444 e. The van der Waals surface area contributed by atoms with E-state index >= 15 is 0 Å². The van der Waals surface area contributed by atoms with Gasteiger partial charge in [-0.25, -0.2) is 9.78 Å². The zero-order chi connectivity index (χ0) is 13.7. The van der Waals surface area contributed by atoms with Crippen LogP contribution in [0.15, 0.2) is 30.3 Å². The van der Waals surface area contributed by atoms with Crippen molar-refractivity contribution in [3.8, 4) is 0 Å². The van der Waals surface area contributed by atoms with Crippen molar-refractivity contribution in [3.63, 3.8) is 0 Å². The van der Waals surface area contributed by atoms with Gasteiger partial charge >= 0.3 is 6.09 Å². The lowest BCUT2D eigenvalue weighted by Gasteiger charge is -2.04. The van der Waals surface area contributed by atoms with Crippen LogP contribution in [0, 0.1) is 6.92 Å². The lowest BCUT2D eigenvalue weighted by atomic mass is 10.2. The second-order valence-corrected chi connectivity index (χ2v) is 5.27. The first kappa shape index (κ1) is 13.5. The van der Waals surface area contributed by atoms with Gasteiger partial charge in [0.2, 0.25) is 0 Å². The molecule has 0 aliphatic carbocycles. The summed E-state index contributed by atoms with van der Waals surface area (Å²) in [6.07, 6.45) is 0.392. The molecule has 1 N–H and O–H groups in total. The quantitative estimate of drug-likeness (QED) is 0.925. The first-order valence-electron chi connectivity index (χ1n) is 6.13. The number of ether oxygens (including phenoxy) is 1. The highest BCUT2D eigenvalue weighted by atomic mass is 32.1. The van der Waals surface area contributed by atoms with Crippen LogP contribution in [0.3, 0.4) is 0 Å². The lowest BCUT2D eigenvalue weighted by Crippen LogP contribution is -2.13. The fourth-order valence-corrected chi connectivity index (χ4v) is 2.54. The number of aromatic nitrogens is 1. The van der Waals surface area contributed by atoms with Gasteiger partial charge in [-0.05, 0) is 18.9 Å². The normalized spacial score (nSPS) is 10.2. The highest BCUT2D eigenvalue weighted by molar-refractivity contribution is 7.15. The van der Waals surface area contributed by atoms with E-state index in [9.17, 15) is 4.79 Å². The number of nitrogens with one attached hydrogen (secondary N) is 1. The van der Waals surface area contributed by atoms with Crippen LogP contribution in [-0.4, -0.2) is 11.1 Å². The summed E-state index contributed by atoms with van der Waals surface area (Å²) in [6, 6.07) is 9.57. The number of carbonyl (C=O) groups is 1. The minimum atomic E-state index is -0.472. The van der Waals surface area contributed by atoms with Crippen molar-refractivity contribution >= 4 is 22.6 Å². The van der Waals surface area contributed by atoms with Crippen LogP contribution in [0.4, 0.5) is 9.93 Å². The van der Waals surface area contributed by atoms with Crippen molar-refractivity contribution in [3.05, 3.63) is 46.5 Å². The summed E-state index contributed by atoms with van der Waals surface area (Å²) in [5, 5.41) is 3.24. The molecule has 19 heavy (non-hydrogen) atoms. The Morgan fingerprint density at radius 3 is 2.74 bits per heavy atom. The molecule has 0 saturated heterocycles. The van der Waals surface area contributed by atoms with Crippen LogP contribution in [-0.2, 0) is 17.8 Å². The van der Waals surface area contributed by atoms with Crippen LogP contribution < -0.4 is 5.32 Å². The highest BCUT2D eigenvalue weighted by Gasteiger charge is 2.09. The molecular weight excluding hydrogens is 260 g/mol. The van der Waals surface area contributed by atoms with E-state index in [-0.39, 0.29) is 6.61 Å². The van der Waals surface area contributed by atoms with E-state index in [0.29, 0.717) is 5.13 Å². The molecule has 0 aliphatic rings. The van der Waals surface area contributed by atoms with E-state index in [4.69, 9.17) is 4.74 Å². The molecule has 0 radical (unpaired) electrons. The third-order valence-electron chi connectivity index (χ3n) is 2.65. The zero-order valence-corrected chi connectivity index (χ0v) is 11.8. The summed E-state index contributed by atoms with van der Waals surface area (Å²) >= 11 is 1.47. The Balaban J connectivity index is 1.87. The summed E-state index contributed by atoms with van der Waals surface area (Å²) in [5.41, 5.74) is 1.98. The van der Waals surface area contributed by atoms with E-state index in [1.165, 1.54) is 11.3 Å². The molecule has 0 bridgehead atoms. The number of benzene rings is 1. The molecule has 1 heterocycles. The van der Waals surface area contributed by atoms with Crippen molar-refractivity contribution < 1.29 is 9.53 Å². The van der Waals surface area contributed by atoms with Gasteiger partial charge in [-0.3, -0.25) is 5.32 Å². The van der Waals surface area contributed by atoms with Crippen molar-refractivity contribution in [1.82, 2.24) is 4.98 Å². The predicted molar refractivity (Wildman–Crippen MR) is 76.5 cm³/mol. The number of amides is 1. The average Bonchev–Trinajstić information content (AvgIpc) is 2.77. The number of anilines is 1. The van der Waals surface area contributed by atoms with Gasteiger partial charge in [0.15, 0.2) is 5.13 Å². The van der Waals surface area contributed by atoms with Gasteiger partial charge in [0.05, 0.1) is 5.69 Å². The maximum Gasteiger partial charge on any atom is 0.413 e. The van der Waals surface area contributed by atoms with Gasteiger partial charge in [0, 0.05) is 4.88 Å². The van der Waals surface area contributed by atoms with Gasteiger partial charge in [-0.2, -0.15) is 0 Å². The molecule has 1 aromatic heterocycles. The van der Waals surface area contributed by atoms with E-state index in [1.807, 2.05) is 44.2 Å². The number of hydrogen-bond donors (Lipinski definition) is 1. The monoisotopic (exact) mass is 276 g/mol. The van der Waals surface area contributed by atoms with Crippen LogP contribution >= 0.6 is 11.3 Å². The van der Waals surface area contributed by atoms with Gasteiger partial charge in [-0.1, -0.05) is 37.3 Å². The maximum atomic E-state index is 11.6. The summed E-state index contributed by atoms with van der Waals surface area (Å²) in [7, 11) is 0. The molecule has 0 fully saturated rings.